The molecule has 0 amide bonds. The molecule has 4 rings (SSSR count). The molecule has 11 heteroatoms. The zero-order valence-corrected chi connectivity index (χ0v) is 21.9. The van der Waals surface area contributed by atoms with Crippen molar-refractivity contribution in [2.24, 2.45) is 0 Å². The number of rotatable bonds is 10. The van der Waals surface area contributed by atoms with Gasteiger partial charge in [0.2, 0.25) is 10.0 Å². The highest BCUT2D eigenvalue weighted by Crippen LogP contribution is 2.31. The number of benzene rings is 2. The predicted molar refractivity (Wildman–Crippen MR) is 141 cm³/mol. The second kappa shape index (κ2) is 11.4. The first-order chi connectivity index (χ1) is 18.3. The Morgan fingerprint density at radius 1 is 1.00 bits per heavy atom. The number of carbonyl (C=O) groups is 1. The van der Waals surface area contributed by atoms with Gasteiger partial charge in [-0.3, -0.25) is 9.78 Å². The lowest BCUT2D eigenvalue weighted by atomic mass is 10.1. The number of pyridine rings is 2. The average molecular weight is 538 g/mol. The van der Waals surface area contributed by atoms with E-state index in [0.29, 0.717) is 28.0 Å². The van der Waals surface area contributed by atoms with Crippen LogP contribution in [0.5, 0.6) is 11.5 Å². The summed E-state index contributed by atoms with van der Waals surface area (Å²) in [6, 6.07) is 13.9. The van der Waals surface area contributed by atoms with Crippen molar-refractivity contribution in [2.75, 3.05) is 20.8 Å². The lowest BCUT2D eigenvalue weighted by Crippen LogP contribution is -2.32. The molecule has 0 fully saturated rings. The highest BCUT2D eigenvalue weighted by molar-refractivity contribution is 7.89. The van der Waals surface area contributed by atoms with E-state index in [2.05, 4.69) is 9.97 Å². The number of nitrogens with zero attached hydrogens (tertiary/aromatic N) is 2. The number of aromatic amines is 1. The summed E-state index contributed by atoms with van der Waals surface area (Å²) in [5.41, 5.74) is 1.20. The van der Waals surface area contributed by atoms with Crippen molar-refractivity contribution in [3.05, 3.63) is 94.0 Å². The Labute approximate surface area is 219 Å². The number of aromatic nitrogens is 2. The summed E-state index contributed by atoms with van der Waals surface area (Å²) in [6.45, 7) is 1.65. The number of hydrogen-bond donors (Lipinski definition) is 1. The van der Waals surface area contributed by atoms with Gasteiger partial charge in [-0.1, -0.05) is 6.07 Å². The second-order valence-corrected chi connectivity index (χ2v) is 10.2. The Balaban J connectivity index is 1.74. The van der Waals surface area contributed by atoms with Crippen LogP contribution in [0.2, 0.25) is 0 Å². The highest BCUT2D eigenvalue weighted by Gasteiger charge is 2.27. The maximum Gasteiger partial charge on any atom is 0.338 e. The van der Waals surface area contributed by atoms with E-state index in [-0.39, 0.29) is 35.7 Å². The molecule has 0 saturated carbocycles. The minimum Gasteiger partial charge on any atom is -0.493 e. The predicted octanol–water partition coefficient (Wildman–Crippen LogP) is 3.51. The molecule has 0 aliphatic carbocycles. The highest BCUT2D eigenvalue weighted by atomic mass is 32.2. The van der Waals surface area contributed by atoms with Gasteiger partial charge in [-0.25, -0.2) is 13.2 Å². The van der Waals surface area contributed by atoms with Gasteiger partial charge in [0.05, 0.1) is 36.8 Å². The van der Waals surface area contributed by atoms with Crippen LogP contribution in [0.15, 0.2) is 76.7 Å². The number of nitrogens with one attached hydrogen (secondary N) is 1. The summed E-state index contributed by atoms with van der Waals surface area (Å²) in [6.07, 6.45) is 3.15. The summed E-state index contributed by atoms with van der Waals surface area (Å²) in [5.74, 6) is 0.383. The molecule has 0 aliphatic rings. The van der Waals surface area contributed by atoms with Crippen molar-refractivity contribution in [3.63, 3.8) is 0 Å². The second-order valence-electron chi connectivity index (χ2n) is 8.30. The first kappa shape index (κ1) is 26.8. The van der Waals surface area contributed by atoms with E-state index in [9.17, 15) is 18.0 Å². The van der Waals surface area contributed by atoms with E-state index in [1.807, 2.05) is 0 Å². The van der Waals surface area contributed by atoms with Gasteiger partial charge in [-0.15, -0.1) is 0 Å². The normalized spacial score (nSPS) is 11.5. The third-order valence-electron chi connectivity index (χ3n) is 5.86. The summed E-state index contributed by atoms with van der Waals surface area (Å²) in [4.78, 5) is 31.9. The lowest BCUT2D eigenvalue weighted by molar-refractivity contribution is 0.0526. The monoisotopic (exact) mass is 537 g/mol. The summed E-state index contributed by atoms with van der Waals surface area (Å²) < 4.78 is 44.3. The molecular weight excluding hydrogens is 510 g/mol. The first-order valence-corrected chi connectivity index (χ1v) is 13.1. The molecule has 0 spiro atoms. The van der Waals surface area contributed by atoms with E-state index < -0.39 is 21.6 Å². The molecule has 0 saturated heterocycles. The van der Waals surface area contributed by atoms with Crippen LogP contribution >= 0.6 is 0 Å². The lowest BCUT2D eigenvalue weighted by Gasteiger charge is -2.22. The van der Waals surface area contributed by atoms with Crippen LogP contribution in [0.1, 0.15) is 28.4 Å². The average Bonchev–Trinajstić information content (AvgIpc) is 2.93. The van der Waals surface area contributed by atoms with Crippen LogP contribution in [0, 0.1) is 0 Å². The van der Waals surface area contributed by atoms with E-state index in [4.69, 9.17) is 14.2 Å². The Morgan fingerprint density at radius 3 is 2.34 bits per heavy atom. The Bertz CT molecular complexity index is 1600. The largest absolute Gasteiger partial charge is 0.493 e. The molecule has 0 unspecified atom stereocenters. The van der Waals surface area contributed by atoms with Gasteiger partial charge in [0, 0.05) is 42.5 Å². The number of fused-ring (bicyclic) bond motifs is 1. The number of hydrogen-bond acceptors (Lipinski definition) is 8. The van der Waals surface area contributed by atoms with Crippen LogP contribution in [0.3, 0.4) is 0 Å². The van der Waals surface area contributed by atoms with Crippen LogP contribution in [-0.4, -0.2) is 49.5 Å². The van der Waals surface area contributed by atoms with Crippen LogP contribution in [0.25, 0.3) is 10.9 Å². The fourth-order valence-electron chi connectivity index (χ4n) is 3.93. The molecule has 0 bridgehead atoms. The molecule has 0 atom stereocenters. The maximum atomic E-state index is 13.7. The number of methoxy groups -OCH3 is 2. The van der Waals surface area contributed by atoms with Gasteiger partial charge in [-0.05, 0) is 55.0 Å². The van der Waals surface area contributed by atoms with Crippen molar-refractivity contribution in [1.29, 1.82) is 0 Å². The zero-order valence-electron chi connectivity index (χ0n) is 21.1. The summed E-state index contributed by atoms with van der Waals surface area (Å²) in [7, 11) is -1.09. The molecule has 0 radical (unpaired) electrons. The van der Waals surface area contributed by atoms with E-state index >= 15 is 0 Å². The number of ether oxygens (including phenoxy) is 3. The molecular formula is C27H27N3O7S. The van der Waals surface area contributed by atoms with Crippen molar-refractivity contribution < 1.29 is 27.4 Å². The van der Waals surface area contributed by atoms with E-state index in [1.165, 1.54) is 42.8 Å². The molecule has 2 heterocycles. The van der Waals surface area contributed by atoms with Crippen LogP contribution in [0.4, 0.5) is 0 Å². The quantitative estimate of drug-likeness (QED) is 0.305. The smallest absolute Gasteiger partial charge is 0.338 e. The number of H-pyrrole nitrogens is 1. The SMILES string of the molecule is CCOC(=O)c1ccc(S(=O)(=O)N(Cc2cccnc2)Cc2cc3cc(OC)c(OC)cc3[nH]c2=O)cc1. The standard InChI is InChI=1S/C27H27N3O7S/c1-4-37-27(32)19-7-9-22(10-8-19)38(33,34)30(16-18-6-5-11-28-15-18)17-21-12-20-13-24(35-2)25(36-3)14-23(20)29-26(21)31/h5-15H,4,16-17H2,1-3H3,(H,29,31). The van der Waals surface area contributed by atoms with Crippen molar-refractivity contribution in [3.8, 4) is 11.5 Å². The Hall–Kier alpha value is -4.22. The van der Waals surface area contributed by atoms with Gasteiger partial charge in [0.15, 0.2) is 11.5 Å². The molecule has 4 aromatic rings. The Kier molecular flexibility index (Phi) is 8.08. The van der Waals surface area contributed by atoms with Gasteiger partial charge in [0.25, 0.3) is 5.56 Å². The van der Waals surface area contributed by atoms with E-state index in [0.717, 1.165) is 0 Å². The minimum absolute atomic E-state index is 0.0286. The summed E-state index contributed by atoms with van der Waals surface area (Å²) >= 11 is 0. The van der Waals surface area contributed by atoms with Crippen molar-refractivity contribution in [2.45, 2.75) is 24.9 Å². The molecule has 1 N–H and O–H groups in total. The first-order valence-electron chi connectivity index (χ1n) is 11.7. The Morgan fingerprint density at radius 2 is 1.71 bits per heavy atom. The molecule has 2 aromatic carbocycles. The molecule has 0 aliphatic heterocycles. The molecule has 38 heavy (non-hydrogen) atoms. The van der Waals surface area contributed by atoms with Gasteiger partial charge in [-0.2, -0.15) is 4.31 Å². The maximum absolute atomic E-state index is 13.7. The fourth-order valence-corrected chi connectivity index (χ4v) is 5.34. The number of esters is 1. The van der Waals surface area contributed by atoms with Crippen LogP contribution < -0.4 is 15.0 Å². The van der Waals surface area contributed by atoms with Crippen LogP contribution in [-0.2, 0) is 27.8 Å². The van der Waals surface area contributed by atoms with Gasteiger partial charge < -0.3 is 19.2 Å². The topological polar surface area (TPSA) is 128 Å². The number of carbonyl (C=O) groups excluding carboxylic acids is 1. The third-order valence-corrected chi connectivity index (χ3v) is 7.66. The molecule has 198 valence electrons. The van der Waals surface area contributed by atoms with Gasteiger partial charge >= 0.3 is 5.97 Å². The fraction of sp³-hybridized carbons (Fsp3) is 0.222. The molecule has 2 aromatic heterocycles. The third kappa shape index (κ3) is 5.68. The zero-order chi connectivity index (χ0) is 27.3. The number of sulfonamides is 1. The summed E-state index contributed by atoms with van der Waals surface area (Å²) in [5, 5.41) is 0.648. The molecule has 10 nitrogen and oxygen atoms in total. The van der Waals surface area contributed by atoms with Gasteiger partial charge in [0.1, 0.15) is 0 Å². The van der Waals surface area contributed by atoms with Crippen molar-refractivity contribution in [1.82, 2.24) is 14.3 Å². The van der Waals surface area contributed by atoms with E-state index in [1.54, 1.807) is 49.6 Å². The minimum atomic E-state index is -4.09. The van der Waals surface area contributed by atoms with Crippen molar-refractivity contribution >= 4 is 26.9 Å².